The number of nitrogens with two attached hydrogens (primary N) is 1. The molecule has 1 aliphatic carbocycles. The lowest BCUT2D eigenvalue weighted by atomic mass is 9.69. The minimum absolute atomic E-state index is 0.318. The number of hydrogen-bond donors (Lipinski definition) is 2. The smallest absolute Gasteiger partial charge is 0.0420 e. The summed E-state index contributed by atoms with van der Waals surface area (Å²) in [6.07, 6.45) is 10.5. The molecule has 3 nitrogen and oxygen atoms in total. The van der Waals surface area contributed by atoms with E-state index in [0.717, 1.165) is 18.5 Å². The van der Waals surface area contributed by atoms with Crippen LogP contribution >= 0.6 is 0 Å². The lowest BCUT2D eigenvalue weighted by Gasteiger charge is -2.40. The van der Waals surface area contributed by atoms with E-state index in [-0.39, 0.29) is 0 Å². The second kappa shape index (κ2) is 6.49. The van der Waals surface area contributed by atoms with Crippen LogP contribution in [0.5, 0.6) is 0 Å². The molecule has 1 unspecified atom stereocenters. The molecule has 0 radical (unpaired) electrons. The van der Waals surface area contributed by atoms with Gasteiger partial charge in [0.05, 0.1) is 0 Å². The van der Waals surface area contributed by atoms with Gasteiger partial charge in [-0.05, 0) is 36.3 Å². The van der Waals surface area contributed by atoms with Crippen LogP contribution in [0, 0.1) is 5.41 Å². The van der Waals surface area contributed by atoms with Crippen molar-refractivity contribution in [2.45, 2.75) is 64.8 Å². The molecular weight excluding hydrogens is 234 g/mol. The van der Waals surface area contributed by atoms with Gasteiger partial charge in [0.2, 0.25) is 0 Å². The monoisotopic (exact) mass is 261 g/mol. The Labute approximate surface area is 117 Å². The lowest BCUT2D eigenvalue weighted by Crippen LogP contribution is -2.49. The molecule has 1 aliphatic rings. The fraction of sp³-hybridized carbons (Fsp3) is 0.688. The van der Waals surface area contributed by atoms with E-state index >= 15 is 0 Å². The highest BCUT2D eigenvalue weighted by Gasteiger charge is 2.35. The average molecular weight is 261 g/mol. The van der Waals surface area contributed by atoms with Gasteiger partial charge in [0.15, 0.2) is 0 Å². The zero-order valence-corrected chi connectivity index (χ0v) is 12.3. The molecule has 0 amide bonds. The van der Waals surface area contributed by atoms with Gasteiger partial charge in [-0.25, -0.2) is 0 Å². The Kier molecular flexibility index (Phi) is 4.94. The van der Waals surface area contributed by atoms with Gasteiger partial charge in [0.1, 0.15) is 0 Å². The highest BCUT2D eigenvalue weighted by atomic mass is 15.2. The summed E-state index contributed by atoms with van der Waals surface area (Å²) < 4.78 is 0. The zero-order valence-electron chi connectivity index (χ0n) is 12.3. The van der Waals surface area contributed by atoms with E-state index in [1.54, 1.807) is 0 Å². The lowest BCUT2D eigenvalue weighted by molar-refractivity contribution is 0.143. The van der Waals surface area contributed by atoms with Gasteiger partial charge < -0.3 is 0 Å². The first-order valence-corrected chi connectivity index (χ1v) is 7.58. The fourth-order valence-electron chi connectivity index (χ4n) is 3.21. The van der Waals surface area contributed by atoms with Crippen LogP contribution in [0.2, 0.25) is 0 Å². The quantitative estimate of drug-likeness (QED) is 0.633. The summed E-state index contributed by atoms with van der Waals surface area (Å²) in [5.41, 5.74) is 5.81. The molecule has 1 atom stereocenters. The van der Waals surface area contributed by atoms with Gasteiger partial charge in [-0.3, -0.25) is 16.3 Å². The van der Waals surface area contributed by atoms with Crippen LogP contribution in [-0.4, -0.2) is 11.0 Å². The van der Waals surface area contributed by atoms with Crippen molar-refractivity contribution in [3.8, 4) is 0 Å². The van der Waals surface area contributed by atoms with Crippen molar-refractivity contribution in [1.29, 1.82) is 0 Å². The normalized spacial score (nSPS) is 20.2. The fourth-order valence-corrected chi connectivity index (χ4v) is 3.21. The van der Waals surface area contributed by atoms with E-state index in [2.05, 4.69) is 36.4 Å². The van der Waals surface area contributed by atoms with E-state index in [0.29, 0.717) is 11.5 Å². The molecular formula is C16H27N3. The summed E-state index contributed by atoms with van der Waals surface area (Å²) in [7, 11) is 0. The average Bonchev–Trinajstić information content (AvgIpc) is 2.46. The maximum absolute atomic E-state index is 5.81. The van der Waals surface area contributed by atoms with E-state index in [1.165, 1.54) is 37.7 Å². The molecule has 3 heteroatoms. The number of nitrogens with zero attached hydrogens (tertiary/aromatic N) is 1. The molecule has 0 saturated heterocycles. The Morgan fingerprint density at radius 1 is 1.32 bits per heavy atom. The highest BCUT2D eigenvalue weighted by Crippen LogP contribution is 2.39. The van der Waals surface area contributed by atoms with Gasteiger partial charge in [-0.1, -0.05) is 39.2 Å². The van der Waals surface area contributed by atoms with E-state index in [4.69, 9.17) is 5.84 Å². The molecule has 0 spiro atoms. The van der Waals surface area contributed by atoms with Crippen molar-refractivity contribution in [2.24, 2.45) is 11.3 Å². The third-order valence-electron chi connectivity index (χ3n) is 4.75. The van der Waals surface area contributed by atoms with E-state index < -0.39 is 0 Å². The van der Waals surface area contributed by atoms with Gasteiger partial charge in [0, 0.05) is 24.4 Å². The van der Waals surface area contributed by atoms with Crippen molar-refractivity contribution in [3.63, 3.8) is 0 Å². The van der Waals surface area contributed by atoms with E-state index in [1.807, 2.05) is 6.20 Å². The molecule has 19 heavy (non-hydrogen) atoms. The molecule has 1 aromatic rings. The summed E-state index contributed by atoms with van der Waals surface area (Å²) in [6, 6.07) is 4.65. The van der Waals surface area contributed by atoms with Gasteiger partial charge in [0.25, 0.3) is 0 Å². The van der Waals surface area contributed by atoms with Crippen LogP contribution in [-0.2, 0) is 12.8 Å². The standard InChI is InChI=1S/C16H27N3/c1-3-13-7-8-14(18-12-13)11-15(19-17)16(2)9-5-4-6-10-16/h7-8,12,15,19H,3-6,9-11,17H2,1-2H3. The van der Waals surface area contributed by atoms with Crippen LogP contribution in [0.4, 0.5) is 0 Å². The molecule has 1 heterocycles. The van der Waals surface area contributed by atoms with Gasteiger partial charge >= 0.3 is 0 Å². The molecule has 1 fully saturated rings. The minimum Gasteiger partial charge on any atom is -0.271 e. The second-order valence-corrected chi connectivity index (χ2v) is 6.15. The van der Waals surface area contributed by atoms with Gasteiger partial charge in [-0.15, -0.1) is 0 Å². The van der Waals surface area contributed by atoms with Crippen molar-refractivity contribution >= 4 is 0 Å². The maximum Gasteiger partial charge on any atom is 0.0420 e. The van der Waals surface area contributed by atoms with Crippen molar-refractivity contribution in [1.82, 2.24) is 10.4 Å². The van der Waals surface area contributed by atoms with Crippen LogP contribution < -0.4 is 11.3 Å². The number of hydrogen-bond acceptors (Lipinski definition) is 3. The summed E-state index contributed by atoms with van der Waals surface area (Å²) in [6.45, 7) is 4.53. The highest BCUT2D eigenvalue weighted by molar-refractivity contribution is 5.15. The number of nitrogens with one attached hydrogen (secondary N) is 1. The number of hydrazine groups is 1. The number of rotatable bonds is 5. The van der Waals surface area contributed by atoms with Crippen LogP contribution in [0.25, 0.3) is 0 Å². The number of aromatic nitrogens is 1. The van der Waals surface area contributed by atoms with E-state index in [9.17, 15) is 0 Å². The largest absolute Gasteiger partial charge is 0.271 e. The van der Waals surface area contributed by atoms with Crippen LogP contribution in [0.1, 0.15) is 57.2 Å². The Bertz CT molecular complexity index is 379. The Hall–Kier alpha value is -0.930. The molecule has 1 saturated carbocycles. The first-order chi connectivity index (χ1) is 9.18. The van der Waals surface area contributed by atoms with Crippen LogP contribution in [0.3, 0.4) is 0 Å². The molecule has 2 rings (SSSR count). The third-order valence-corrected chi connectivity index (χ3v) is 4.75. The Morgan fingerprint density at radius 2 is 2.05 bits per heavy atom. The SMILES string of the molecule is CCc1ccc(CC(NN)C2(C)CCCCC2)nc1. The third kappa shape index (κ3) is 3.54. The Morgan fingerprint density at radius 3 is 2.58 bits per heavy atom. The molecule has 0 bridgehead atoms. The minimum atomic E-state index is 0.318. The first-order valence-electron chi connectivity index (χ1n) is 7.58. The number of pyridine rings is 1. The molecule has 3 N–H and O–H groups in total. The summed E-state index contributed by atoms with van der Waals surface area (Å²) in [4.78, 5) is 4.57. The second-order valence-electron chi connectivity index (χ2n) is 6.15. The molecule has 106 valence electrons. The van der Waals surface area contributed by atoms with Crippen LogP contribution in [0.15, 0.2) is 18.3 Å². The van der Waals surface area contributed by atoms with Crippen molar-refractivity contribution < 1.29 is 0 Å². The molecule has 1 aromatic heterocycles. The summed E-state index contributed by atoms with van der Waals surface area (Å²) in [5, 5.41) is 0. The number of aryl methyl sites for hydroxylation is 1. The Balaban J connectivity index is 2.04. The molecule has 0 aromatic carbocycles. The summed E-state index contributed by atoms with van der Waals surface area (Å²) >= 11 is 0. The van der Waals surface area contributed by atoms with Crippen molar-refractivity contribution in [3.05, 3.63) is 29.6 Å². The zero-order chi connectivity index (χ0) is 13.7. The summed E-state index contributed by atoms with van der Waals surface area (Å²) in [5.74, 6) is 5.81. The molecule has 0 aliphatic heterocycles. The van der Waals surface area contributed by atoms with Gasteiger partial charge in [-0.2, -0.15) is 0 Å². The predicted octanol–water partition coefficient (Wildman–Crippen LogP) is 2.99. The van der Waals surface area contributed by atoms with Crippen molar-refractivity contribution in [2.75, 3.05) is 0 Å². The maximum atomic E-state index is 5.81. The topological polar surface area (TPSA) is 50.9 Å². The predicted molar refractivity (Wildman–Crippen MR) is 79.6 cm³/mol. The first kappa shape index (κ1) is 14.5.